The second-order valence-electron chi connectivity index (χ2n) is 4.42. The number of halogens is 1. The van der Waals surface area contributed by atoms with E-state index in [2.05, 4.69) is 11.8 Å². The summed E-state index contributed by atoms with van der Waals surface area (Å²) in [6.07, 6.45) is 0. The van der Waals surface area contributed by atoms with E-state index in [1.54, 1.807) is 18.0 Å². The molecule has 0 saturated carbocycles. The Hall–Kier alpha value is -1.80. The van der Waals surface area contributed by atoms with Crippen LogP contribution < -0.4 is 5.73 Å². The van der Waals surface area contributed by atoms with Crippen molar-refractivity contribution in [2.24, 2.45) is 5.73 Å². The van der Waals surface area contributed by atoms with Gasteiger partial charge in [0.05, 0.1) is 16.3 Å². The van der Waals surface area contributed by atoms with Gasteiger partial charge in [-0.1, -0.05) is 41.6 Å². The average molecular weight is 319 g/mol. The Morgan fingerprint density at radius 1 is 1.33 bits per heavy atom. The number of nitrogens with zero attached hydrogens (tertiary/aromatic N) is 1. The maximum Gasteiger partial charge on any atom is 0.264 e. The second-order valence-corrected chi connectivity index (χ2v) is 5.91. The van der Waals surface area contributed by atoms with Gasteiger partial charge in [-0.2, -0.15) is 0 Å². The molecular weight excluding hydrogens is 304 g/mol. The molecule has 2 rings (SSSR count). The standard InChI is InChI=1S/C16H15ClN2OS/c1-19(11-12-5-2-3-7-14(12)17)16(20)15-9-8-13(21-15)6-4-10-18/h2-3,5,7-9H,10-11,18H2,1H3. The van der Waals surface area contributed by atoms with Gasteiger partial charge in [0.25, 0.3) is 5.91 Å². The first-order valence-electron chi connectivity index (χ1n) is 6.39. The highest BCUT2D eigenvalue weighted by Gasteiger charge is 2.15. The molecule has 0 saturated heterocycles. The quantitative estimate of drug-likeness (QED) is 0.884. The van der Waals surface area contributed by atoms with E-state index in [0.717, 1.165) is 10.4 Å². The minimum Gasteiger partial charge on any atom is -0.337 e. The van der Waals surface area contributed by atoms with Crippen molar-refractivity contribution in [2.75, 3.05) is 13.6 Å². The molecule has 2 N–H and O–H groups in total. The predicted octanol–water partition coefficient (Wildman–Crippen LogP) is 2.98. The Balaban J connectivity index is 2.09. The number of hydrogen-bond acceptors (Lipinski definition) is 3. The highest BCUT2D eigenvalue weighted by Crippen LogP contribution is 2.20. The molecule has 2 aromatic rings. The molecule has 0 aliphatic rings. The van der Waals surface area contributed by atoms with E-state index in [4.69, 9.17) is 17.3 Å². The fourth-order valence-electron chi connectivity index (χ4n) is 1.80. The molecule has 1 heterocycles. The zero-order valence-corrected chi connectivity index (χ0v) is 13.2. The Morgan fingerprint density at radius 2 is 2.10 bits per heavy atom. The highest BCUT2D eigenvalue weighted by molar-refractivity contribution is 7.14. The van der Waals surface area contributed by atoms with Gasteiger partial charge in [-0.3, -0.25) is 4.79 Å². The number of benzene rings is 1. The Bertz CT molecular complexity index is 700. The molecule has 108 valence electrons. The number of thiophene rings is 1. The first-order chi connectivity index (χ1) is 10.1. The van der Waals surface area contributed by atoms with E-state index < -0.39 is 0 Å². The lowest BCUT2D eigenvalue weighted by atomic mass is 10.2. The topological polar surface area (TPSA) is 46.3 Å². The number of rotatable bonds is 3. The molecule has 0 aliphatic heterocycles. The van der Waals surface area contributed by atoms with Gasteiger partial charge in [0.2, 0.25) is 0 Å². The Morgan fingerprint density at radius 3 is 2.81 bits per heavy atom. The summed E-state index contributed by atoms with van der Waals surface area (Å²) in [5.41, 5.74) is 6.26. The van der Waals surface area contributed by atoms with Crippen LogP contribution in [0.4, 0.5) is 0 Å². The van der Waals surface area contributed by atoms with E-state index in [1.165, 1.54) is 11.3 Å². The van der Waals surface area contributed by atoms with Gasteiger partial charge in [0, 0.05) is 18.6 Å². The molecule has 1 amide bonds. The summed E-state index contributed by atoms with van der Waals surface area (Å²) in [5.74, 6) is 5.67. The predicted molar refractivity (Wildman–Crippen MR) is 87.5 cm³/mol. The lowest BCUT2D eigenvalue weighted by Gasteiger charge is -2.17. The third-order valence-corrected chi connectivity index (χ3v) is 4.20. The SMILES string of the molecule is CN(Cc1ccccc1Cl)C(=O)c1ccc(C#CCN)s1. The van der Waals surface area contributed by atoms with Crippen molar-refractivity contribution in [3.8, 4) is 11.8 Å². The molecule has 0 aliphatic carbocycles. The molecule has 0 bridgehead atoms. The van der Waals surface area contributed by atoms with Gasteiger partial charge in [-0.25, -0.2) is 0 Å². The maximum atomic E-state index is 12.4. The first-order valence-corrected chi connectivity index (χ1v) is 7.59. The molecule has 5 heteroatoms. The number of hydrogen-bond donors (Lipinski definition) is 1. The van der Waals surface area contributed by atoms with Crippen LogP contribution in [-0.2, 0) is 6.54 Å². The van der Waals surface area contributed by atoms with Crippen LogP contribution >= 0.6 is 22.9 Å². The van der Waals surface area contributed by atoms with E-state index >= 15 is 0 Å². The molecule has 0 fully saturated rings. The van der Waals surface area contributed by atoms with Crippen LogP contribution in [0.2, 0.25) is 5.02 Å². The van der Waals surface area contributed by atoms with Crippen molar-refractivity contribution >= 4 is 28.8 Å². The third-order valence-electron chi connectivity index (χ3n) is 2.84. The van der Waals surface area contributed by atoms with Crippen LogP contribution in [0.15, 0.2) is 36.4 Å². The molecular formula is C16H15ClN2OS. The lowest BCUT2D eigenvalue weighted by molar-refractivity contribution is 0.0790. The largest absolute Gasteiger partial charge is 0.337 e. The fraction of sp³-hybridized carbons (Fsp3) is 0.188. The highest BCUT2D eigenvalue weighted by atomic mass is 35.5. The maximum absolute atomic E-state index is 12.4. The monoisotopic (exact) mass is 318 g/mol. The lowest BCUT2D eigenvalue weighted by Crippen LogP contribution is -2.25. The summed E-state index contributed by atoms with van der Waals surface area (Å²) in [5, 5.41) is 0.665. The van der Waals surface area contributed by atoms with E-state index in [0.29, 0.717) is 23.0 Å². The molecule has 0 radical (unpaired) electrons. The van der Waals surface area contributed by atoms with E-state index in [9.17, 15) is 4.79 Å². The number of amides is 1. The molecule has 1 aromatic heterocycles. The Labute approximate surface area is 133 Å². The van der Waals surface area contributed by atoms with Crippen molar-refractivity contribution in [3.05, 3.63) is 56.7 Å². The van der Waals surface area contributed by atoms with Crippen molar-refractivity contribution in [3.63, 3.8) is 0 Å². The molecule has 21 heavy (non-hydrogen) atoms. The Kier molecular flexibility index (Phi) is 5.40. The zero-order valence-electron chi connectivity index (χ0n) is 11.6. The smallest absolute Gasteiger partial charge is 0.264 e. The van der Waals surface area contributed by atoms with E-state index in [1.807, 2.05) is 30.3 Å². The molecule has 3 nitrogen and oxygen atoms in total. The zero-order chi connectivity index (χ0) is 15.2. The van der Waals surface area contributed by atoms with E-state index in [-0.39, 0.29) is 5.91 Å². The van der Waals surface area contributed by atoms with Gasteiger partial charge < -0.3 is 10.6 Å². The van der Waals surface area contributed by atoms with Crippen molar-refractivity contribution in [1.29, 1.82) is 0 Å². The minimum absolute atomic E-state index is 0.0410. The van der Waals surface area contributed by atoms with Crippen LogP contribution in [0.3, 0.4) is 0 Å². The van der Waals surface area contributed by atoms with Crippen molar-refractivity contribution in [2.45, 2.75) is 6.54 Å². The summed E-state index contributed by atoms with van der Waals surface area (Å²) in [6, 6.07) is 11.1. The molecule has 0 spiro atoms. The van der Waals surface area contributed by atoms with Crippen molar-refractivity contribution < 1.29 is 4.79 Å². The van der Waals surface area contributed by atoms with Crippen LogP contribution in [0.25, 0.3) is 0 Å². The van der Waals surface area contributed by atoms with Crippen LogP contribution in [-0.4, -0.2) is 24.4 Å². The fourth-order valence-corrected chi connectivity index (χ4v) is 2.87. The van der Waals surface area contributed by atoms with Crippen LogP contribution in [0, 0.1) is 11.8 Å². The molecule has 0 atom stereocenters. The second kappa shape index (κ2) is 7.28. The minimum atomic E-state index is -0.0410. The third kappa shape index (κ3) is 4.08. The average Bonchev–Trinajstić information content (AvgIpc) is 2.95. The van der Waals surface area contributed by atoms with Gasteiger partial charge in [-0.05, 0) is 23.8 Å². The summed E-state index contributed by atoms with van der Waals surface area (Å²) in [4.78, 5) is 15.5. The number of carbonyl (C=O) groups excluding carboxylic acids is 1. The molecule has 0 unspecified atom stereocenters. The number of carbonyl (C=O) groups is 1. The molecule has 1 aromatic carbocycles. The van der Waals surface area contributed by atoms with Crippen LogP contribution in [0.5, 0.6) is 0 Å². The summed E-state index contributed by atoms with van der Waals surface area (Å²) in [7, 11) is 1.76. The van der Waals surface area contributed by atoms with Crippen LogP contribution in [0.1, 0.15) is 20.1 Å². The summed E-state index contributed by atoms with van der Waals surface area (Å²) < 4.78 is 0. The van der Waals surface area contributed by atoms with Gasteiger partial charge in [-0.15, -0.1) is 11.3 Å². The van der Waals surface area contributed by atoms with Gasteiger partial charge in [0.15, 0.2) is 0 Å². The normalized spacial score (nSPS) is 9.86. The number of nitrogens with two attached hydrogens (primary N) is 1. The van der Waals surface area contributed by atoms with Gasteiger partial charge in [0.1, 0.15) is 0 Å². The summed E-state index contributed by atoms with van der Waals surface area (Å²) >= 11 is 7.49. The first kappa shape index (κ1) is 15.6. The van der Waals surface area contributed by atoms with Crippen molar-refractivity contribution in [1.82, 2.24) is 4.90 Å². The summed E-state index contributed by atoms with van der Waals surface area (Å²) in [6.45, 7) is 0.786. The van der Waals surface area contributed by atoms with Gasteiger partial charge >= 0.3 is 0 Å².